The maximum absolute atomic E-state index is 12.0. The zero-order chi connectivity index (χ0) is 15.0. The van der Waals surface area contributed by atoms with Crippen molar-refractivity contribution in [2.45, 2.75) is 25.2 Å². The minimum Gasteiger partial charge on any atom is -0.382 e. The lowest BCUT2D eigenvalue weighted by Gasteiger charge is -2.08. The molecule has 0 saturated carbocycles. The van der Waals surface area contributed by atoms with Crippen molar-refractivity contribution in [3.63, 3.8) is 0 Å². The maximum Gasteiger partial charge on any atom is 0.240 e. The van der Waals surface area contributed by atoms with Gasteiger partial charge in [-0.25, -0.2) is 13.1 Å². The van der Waals surface area contributed by atoms with E-state index < -0.39 is 10.0 Å². The van der Waals surface area contributed by atoms with Crippen molar-refractivity contribution in [1.29, 1.82) is 0 Å². The van der Waals surface area contributed by atoms with Crippen LogP contribution < -0.4 is 10.0 Å². The van der Waals surface area contributed by atoms with E-state index in [-0.39, 0.29) is 10.8 Å². The Morgan fingerprint density at radius 3 is 2.45 bits per heavy atom. The molecule has 1 rings (SSSR count). The molecule has 7 heteroatoms. The van der Waals surface area contributed by atoms with Gasteiger partial charge in [0.15, 0.2) is 0 Å². The number of carbonyl (C=O) groups excluding carboxylic acids is 1. The average Bonchev–Trinajstić information content (AvgIpc) is 2.38. The van der Waals surface area contributed by atoms with Crippen molar-refractivity contribution in [2.75, 3.05) is 25.1 Å². The highest BCUT2D eigenvalue weighted by Crippen LogP contribution is 2.13. The molecular weight excluding hydrogens is 280 g/mol. The molecule has 1 aromatic carbocycles. The van der Waals surface area contributed by atoms with Gasteiger partial charge in [0.1, 0.15) is 0 Å². The van der Waals surface area contributed by atoms with Gasteiger partial charge in [0.05, 0.1) is 4.90 Å². The van der Waals surface area contributed by atoms with Crippen LogP contribution in [-0.4, -0.2) is 34.1 Å². The van der Waals surface area contributed by atoms with Crippen LogP contribution in [0.1, 0.15) is 20.3 Å². The summed E-state index contributed by atoms with van der Waals surface area (Å²) in [7, 11) is -3.51. The zero-order valence-corrected chi connectivity index (χ0v) is 12.5. The van der Waals surface area contributed by atoms with Crippen LogP contribution in [0.25, 0.3) is 0 Å². The Kier molecular flexibility index (Phi) is 6.63. The quantitative estimate of drug-likeness (QED) is 0.710. The van der Waals surface area contributed by atoms with Crippen molar-refractivity contribution >= 4 is 21.6 Å². The smallest absolute Gasteiger partial charge is 0.240 e. The Labute approximate surface area is 119 Å². The Hall–Kier alpha value is -1.44. The molecule has 6 nitrogen and oxygen atoms in total. The SMILES string of the molecule is CCOCCCNS(=O)(=O)c1ccc(NC(C)=O)cc1. The first-order valence-electron chi connectivity index (χ1n) is 6.41. The van der Waals surface area contributed by atoms with E-state index in [4.69, 9.17) is 4.74 Å². The summed E-state index contributed by atoms with van der Waals surface area (Å²) >= 11 is 0. The Morgan fingerprint density at radius 1 is 1.25 bits per heavy atom. The van der Waals surface area contributed by atoms with Gasteiger partial charge in [0.2, 0.25) is 15.9 Å². The van der Waals surface area contributed by atoms with Gasteiger partial charge >= 0.3 is 0 Å². The van der Waals surface area contributed by atoms with Gasteiger partial charge in [-0.05, 0) is 37.6 Å². The third-order valence-electron chi connectivity index (χ3n) is 2.45. The van der Waals surface area contributed by atoms with E-state index in [2.05, 4.69) is 10.0 Å². The van der Waals surface area contributed by atoms with E-state index in [9.17, 15) is 13.2 Å². The summed E-state index contributed by atoms with van der Waals surface area (Å²) in [5.74, 6) is -0.199. The van der Waals surface area contributed by atoms with E-state index in [1.165, 1.54) is 19.1 Å². The molecule has 0 spiro atoms. The molecule has 0 radical (unpaired) electrons. The van der Waals surface area contributed by atoms with Crippen molar-refractivity contribution in [3.8, 4) is 0 Å². The largest absolute Gasteiger partial charge is 0.382 e. The molecule has 0 fully saturated rings. The summed E-state index contributed by atoms with van der Waals surface area (Å²) in [5, 5.41) is 2.58. The first-order valence-corrected chi connectivity index (χ1v) is 7.89. The summed E-state index contributed by atoms with van der Waals surface area (Å²) in [6, 6.07) is 6.01. The number of benzene rings is 1. The second-order valence-electron chi connectivity index (χ2n) is 4.15. The Balaban J connectivity index is 2.56. The third kappa shape index (κ3) is 5.68. The number of hydrogen-bond donors (Lipinski definition) is 2. The third-order valence-corrected chi connectivity index (χ3v) is 3.92. The van der Waals surface area contributed by atoms with E-state index >= 15 is 0 Å². The van der Waals surface area contributed by atoms with Gasteiger partial charge < -0.3 is 10.1 Å². The number of amides is 1. The number of nitrogens with one attached hydrogen (secondary N) is 2. The molecule has 0 atom stereocenters. The molecule has 0 aliphatic rings. The fraction of sp³-hybridized carbons (Fsp3) is 0.462. The van der Waals surface area contributed by atoms with Crippen molar-refractivity contribution < 1.29 is 17.9 Å². The molecule has 0 heterocycles. The van der Waals surface area contributed by atoms with Crippen LogP contribution in [0.15, 0.2) is 29.2 Å². The highest BCUT2D eigenvalue weighted by Gasteiger charge is 2.12. The second-order valence-corrected chi connectivity index (χ2v) is 5.92. The number of hydrogen-bond acceptors (Lipinski definition) is 4. The van der Waals surface area contributed by atoms with Gasteiger partial charge in [0.25, 0.3) is 0 Å². The van der Waals surface area contributed by atoms with Gasteiger partial charge in [-0.15, -0.1) is 0 Å². The van der Waals surface area contributed by atoms with Gasteiger partial charge in [-0.2, -0.15) is 0 Å². The highest BCUT2D eigenvalue weighted by atomic mass is 32.2. The molecule has 0 aromatic heterocycles. The fourth-order valence-corrected chi connectivity index (χ4v) is 2.60. The minimum atomic E-state index is -3.51. The van der Waals surface area contributed by atoms with Gasteiger partial charge in [-0.3, -0.25) is 4.79 Å². The number of anilines is 1. The van der Waals surface area contributed by atoms with E-state index in [0.29, 0.717) is 31.9 Å². The molecule has 1 aromatic rings. The van der Waals surface area contributed by atoms with Crippen LogP contribution in [0.4, 0.5) is 5.69 Å². The van der Waals surface area contributed by atoms with E-state index in [1.54, 1.807) is 12.1 Å². The van der Waals surface area contributed by atoms with Crippen LogP contribution in [0.5, 0.6) is 0 Å². The molecule has 0 saturated heterocycles. The van der Waals surface area contributed by atoms with Crippen molar-refractivity contribution in [2.24, 2.45) is 0 Å². The lowest BCUT2D eigenvalue weighted by atomic mass is 10.3. The van der Waals surface area contributed by atoms with Crippen molar-refractivity contribution in [1.82, 2.24) is 4.72 Å². The predicted octanol–water partition coefficient (Wildman–Crippen LogP) is 1.35. The van der Waals surface area contributed by atoms with Crippen LogP contribution in [0.2, 0.25) is 0 Å². The van der Waals surface area contributed by atoms with Crippen molar-refractivity contribution in [3.05, 3.63) is 24.3 Å². The molecule has 0 aliphatic heterocycles. The van der Waals surface area contributed by atoms with Crippen LogP contribution in [-0.2, 0) is 19.6 Å². The molecule has 20 heavy (non-hydrogen) atoms. The first kappa shape index (κ1) is 16.6. The maximum atomic E-state index is 12.0. The number of ether oxygens (including phenoxy) is 1. The Bertz CT molecular complexity index is 526. The normalized spacial score (nSPS) is 11.3. The van der Waals surface area contributed by atoms with E-state index in [1.807, 2.05) is 6.92 Å². The summed E-state index contributed by atoms with van der Waals surface area (Å²) < 4.78 is 31.5. The fourth-order valence-electron chi connectivity index (χ4n) is 1.53. The number of rotatable bonds is 8. The summed E-state index contributed by atoms with van der Waals surface area (Å²) in [6.07, 6.45) is 0.622. The topological polar surface area (TPSA) is 84.5 Å². The number of sulfonamides is 1. The highest BCUT2D eigenvalue weighted by molar-refractivity contribution is 7.89. The molecule has 1 amide bonds. The zero-order valence-electron chi connectivity index (χ0n) is 11.7. The molecule has 0 bridgehead atoms. The minimum absolute atomic E-state index is 0.169. The van der Waals surface area contributed by atoms with Gasteiger partial charge in [-0.1, -0.05) is 0 Å². The summed E-state index contributed by atoms with van der Waals surface area (Å²) in [4.78, 5) is 11.0. The number of carbonyl (C=O) groups is 1. The summed E-state index contributed by atoms with van der Waals surface area (Å²) in [6.45, 7) is 4.76. The van der Waals surface area contributed by atoms with Crippen LogP contribution >= 0.6 is 0 Å². The molecule has 112 valence electrons. The van der Waals surface area contributed by atoms with Crippen LogP contribution in [0, 0.1) is 0 Å². The molecule has 2 N–H and O–H groups in total. The molecule has 0 aliphatic carbocycles. The Morgan fingerprint density at radius 2 is 1.90 bits per heavy atom. The molecular formula is C13H20N2O4S. The lowest BCUT2D eigenvalue weighted by Crippen LogP contribution is -2.25. The lowest BCUT2D eigenvalue weighted by molar-refractivity contribution is -0.114. The predicted molar refractivity (Wildman–Crippen MR) is 77.0 cm³/mol. The van der Waals surface area contributed by atoms with Gasteiger partial charge in [0, 0.05) is 32.4 Å². The average molecular weight is 300 g/mol. The standard InChI is InChI=1S/C13H20N2O4S/c1-3-19-10-4-9-14-20(17,18)13-7-5-12(6-8-13)15-11(2)16/h5-8,14H,3-4,9-10H2,1-2H3,(H,15,16). The van der Waals surface area contributed by atoms with Crippen LogP contribution in [0.3, 0.4) is 0 Å². The monoisotopic (exact) mass is 300 g/mol. The second kappa shape index (κ2) is 7.98. The summed E-state index contributed by atoms with van der Waals surface area (Å²) in [5.41, 5.74) is 0.563. The first-order chi connectivity index (χ1) is 9.45. The van der Waals surface area contributed by atoms with E-state index in [0.717, 1.165) is 0 Å². The molecule has 0 unspecified atom stereocenters.